The van der Waals surface area contributed by atoms with E-state index in [1.807, 2.05) is 31.2 Å². The van der Waals surface area contributed by atoms with E-state index in [-0.39, 0.29) is 22.5 Å². The highest BCUT2D eigenvalue weighted by atomic mass is 35.5. The lowest BCUT2D eigenvalue weighted by Crippen LogP contribution is -2.59. The first-order valence-electron chi connectivity index (χ1n) is 19.6. The van der Waals surface area contributed by atoms with Crippen molar-refractivity contribution in [1.82, 2.24) is 14.5 Å². The minimum Gasteiger partial charge on any atom is -0.490 e. The van der Waals surface area contributed by atoms with Crippen molar-refractivity contribution in [2.75, 3.05) is 70.5 Å². The van der Waals surface area contributed by atoms with Gasteiger partial charge in [-0.3, -0.25) is 14.4 Å². The van der Waals surface area contributed by atoms with Gasteiger partial charge in [0.25, 0.3) is 5.91 Å². The molecule has 1 amide bonds. The van der Waals surface area contributed by atoms with Gasteiger partial charge in [0.15, 0.2) is 0 Å². The van der Waals surface area contributed by atoms with Gasteiger partial charge in [-0.05, 0) is 123 Å². The summed E-state index contributed by atoms with van der Waals surface area (Å²) < 4.78 is 29.5. The van der Waals surface area contributed by atoms with E-state index in [9.17, 15) is 9.00 Å². The summed E-state index contributed by atoms with van der Waals surface area (Å²) in [5.74, 6) is 6.61. The maximum Gasteiger partial charge on any atom is 0.262 e. The quantitative estimate of drug-likeness (QED) is 0.377. The number of halogens is 1. The Kier molecular flexibility index (Phi) is 10.2. The highest BCUT2D eigenvalue weighted by Gasteiger charge is 2.45. The van der Waals surface area contributed by atoms with Crippen LogP contribution in [0.3, 0.4) is 0 Å². The summed E-state index contributed by atoms with van der Waals surface area (Å²) in [4.78, 5) is 21.7. The number of piperazine rings is 1. The molecule has 10 heteroatoms. The Morgan fingerprint density at radius 3 is 2.76 bits per heavy atom. The second-order valence-corrected chi connectivity index (χ2v) is 19.7. The van der Waals surface area contributed by atoms with Crippen molar-refractivity contribution in [2.24, 2.45) is 23.7 Å². The number of amides is 1. The van der Waals surface area contributed by atoms with Crippen LogP contribution in [0.15, 0.2) is 36.4 Å². The Morgan fingerprint density at radius 1 is 1.04 bits per heavy atom. The maximum absolute atomic E-state index is 14.0. The highest BCUT2D eigenvalue weighted by molar-refractivity contribution is 7.99. The first-order chi connectivity index (χ1) is 24.6. The molecule has 1 unspecified atom stereocenters. The lowest BCUT2D eigenvalue weighted by atomic mass is 9.65. The van der Waals surface area contributed by atoms with E-state index in [0.717, 1.165) is 108 Å². The first-order valence-corrected chi connectivity index (χ1v) is 21.8. The second-order valence-electron chi connectivity index (χ2n) is 16.8. The summed E-state index contributed by atoms with van der Waals surface area (Å²) in [5, 5.41) is 0.555. The lowest BCUT2D eigenvalue weighted by Gasteiger charge is -2.49. The van der Waals surface area contributed by atoms with Gasteiger partial charge >= 0.3 is 0 Å². The topological polar surface area (TPSA) is 74.4 Å². The van der Waals surface area contributed by atoms with Crippen LogP contribution in [0.1, 0.15) is 80.3 Å². The van der Waals surface area contributed by atoms with E-state index in [1.165, 1.54) is 30.4 Å². The van der Waals surface area contributed by atoms with E-state index in [4.69, 9.17) is 21.1 Å². The molecule has 8 rings (SSSR count). The minimum atomic E-state index is -2.87. The average Bonchev–Trinajstić information content (AvgIpc) is 3.25. The molecule has 0 radical (unpaired) electrons. The van der Waals surface area contributed by atoms with E-state index in [1.54, 1.807) is 0 Å². The van der Waals surface area contributed by atoms with Gasteiger partial charge in [0, 0.05) is 73.1 Å². The third-order valence-corrected chi connectivity index (χ3v) is 16.2. The number of aryl methyl sites for hydroxylation is 1. The zero-order chi connectivity index (χ0) is 35.3. The molecule has 2 saturated heterocycles. The van der Waals surface area contributed by atoms with Crippen LogP contribution in [0.4, 0.5) is 5.69 Å². The summed E-state index contributed by atoms with van der Waals surface area (Å²) in [6, 6.07) is 12.7. The number of hydrogen-bond donors (Lipinski definition) is 1. The summed E-state index contributed by atoms with van der Waals surface area (Å²) in [6.45, 7) is 13.8. The van der Waals surface area contributed by atoms with Crippen LogP contribution in [-0.2, 0) is 26.3 Å². The Bertz CT molecular complexity index is 1720. The molecule has 2 aromatic rings. The zero-order valence-corrected chi connectivity index (χ0v) is 32.2. The molecule has 2 aromatic carbocycles. The smallest absolute Gasteiger partial charge is 0.262 e. The number of ether oxygens (including phenoxy) is 2. The SMILES string of the molecule is C=S1(=O)NC(=O)c2ccc3c(c2)N(C[C@@H]2CC[C@H]2[C@H](CN2CCN4CCOC[C@H]4C2)CCC[C@H](C)[C@H]1C)C[C@@]1(CCCc2cc(Cl)ccc21)CO3. The maximum atomic E-state index is 14.0. The Balaban J connectivity index is 1.14. The number of nitrogens with one attached hydrogen (secondary N) is 1. The second kappa shape index (κ2) is 14.5. The molecule has 1 N–H and O–H groups in total. The van der Waals surface area contributed by atoms with Crippen LogP contribution in [0.5, 0.6) is 5.75 Å². The molecule has 1 saturated carbocycles. The van der Waals surface area contributed by atoms with Crippen LogP contribution in [0.25, 0.3) is 0 Å². The number of rotatable bonds is 2. The number of anilines is 1. The number of benzene rings is 2. The van der Waals surface area contributed by atoms with Gasteiger partial charge in [-0.2, -0.15) is 0 Å². The fourth-order valence-electron chi connectivity index (χ4n) is 10.4. The van der Waals surface area contributed by atoms with Crippen molar-refractivity contribution in [1.29, 1.82) is 0 Å². The summed E-state index contributed by atoms with van der Waals surface area (Å²) >= 11 is 6.52. The first kappa shape index (κ1) is 35.7. The van der Waals surface area contributed by atoms with Crippen molar-refractivity contribution < 1.29 is 18.5 Å². The molecule has 8 nitrogen and oxygen atoms in total. The van der Waals surface area contributed by atoms with Gasteiger partial charge < -0.3 is 19.3 Å². The predicted molar refractivity (Wildman–Crippen MR) is 208 cm³/mol. The molecule has 0 aromatic heterocycles. The average molecular weight is 737 g/mol. The number of fused-ring (bicyclic) bond motifs is 5. The van der Waals surface area contributed by atoms with Crippen LogP contribution < -0.4 is 14.4 Å². The van der Waals surface area contributed by atoms with Crippen LogP contribution >= 0.6 is 11.6 Å². The lowest BCUT2D eigenvalue weighted by molar-refractivity contribution is -0.0519. The molecule has 8 atom stereocenters. The normalized spacial score (nSPS) is 36.5. The van der Waals surface area contributed by atoms with Crippen molar-refractivity contribution in [3.8, 4) is 5.75 Å². The van der Waals surface area contributed by atoms with Crippen LogP contribution in [0.2, 0.25) is 5.02 Å². The number of hydrogen-bond acceptors (Lipinski definition) is 7. The third kappa shape index (κ3) is 7.19. The molecule has 3 fully saturated rings. The van der Waals surface area contributed by atoms with Gasteiger partial charge in [0.2, 0.25) is 0 Å². The van der Waals surface area contributed by atoms with E-state index in [0.29, 0.717) is 36.0 Å². The third-order valence-electron chi connectivity index (χ3n) is 13.8. The number of carbonyl (C=O) groups is 1. The molecular formula is C41H57ClN4O4S. The van der Waals surface area contributed by atoms with E-state index < -0.39 is 9.71 Å². The van der Waals surface area contributed by atoms with E-state index in [2.05, 4.69) is 44.3 Å². The molecule has 2 aliphatic carbocycles. The Hall–Kier alpha value is -2.30. The molecule has 2 bridgehead atoms. The molecule has 51 heavy (non-hydrogen) atoms. The molecular weight excluding hydrogens is 680 g/mol. The number of carbonyl (C=O) groups excluding carboxylic acids is 1. The highest BCUT2D eigenvalue weighted by Crippen LogP contribution is 2.48. The molecule has 278 valence electrons. The van der Waals surface area contributed by atoms with Crippen LogP contribution in [0, 0.1) is 23.7 Å². The fourth-order valence-corrected chi connectivity index (χ4v) is 12.0. The van der Waals surface area contributed by atoms with Crippen molar-refractivity contribution >= 4 is 38.8 Å². The van der Waals surface area contributed by atoms with Crippen molar-refractivity contribution in [3.05, 3.63) is 58.1 Å². The van der Waals surface area contributed by atoms with Crippen LogP contribution in [-0.4, -0.2) is 103 Å². The summed E-state index contributed by atoms with van der Waals surface area (Å²) in [5.41, 5.74) is 3.99. The van der Waals surface area contributed by atoms with E-state index >= 15 is 0 Å². The van der Waals surface area contributed by atoms with Gasteiger partial charge in [-0.25, -0.2) is 4.21 Å². The molecule has 6 aliphatic rings. The molecule has 1 spiro atoms. The predicted octanol–water partition coefficient (Wildman–Crippen LogP) is 6.04. The van der Waals surface area contributed by atoms with Crippen molar-refractivity contribution in [3.63, 3.8) is 0 Å². The standard InChI is InChI=1S/C41H57ClN4O4S/c1-28-6-4-7-32(22-44-16-17-45-18-19-49-25-35(45)24-44)36-12-9-33(36)23-46-26-41(15-5-8-30-20-34(42)11-13-37(30)41)27-50-39-14-10-31(21-38(39)46)40(47)43-51(3,48)29(28)2/h10-11,13-14,20-21,28-29,32-33,35-36H,3-9,12,15-19,22-27H2,1-2H3,(H,43,47,48)/t28-,29+,32-,33-,35+,36-,41-,51?/m0/s1. The largest absolute Gasteiger partial charge is 0.490 e. The fraction of sp³-hybridized carbons (Fsp3) is 0.659. The number of morpholine rings is 1. The monoisotopic (exact) mass is 736 g/mol. The molecule has 4 heterocycles. The molecule has 4 aliphatic heterocycles. The Labute approximate surface area is 310 Å². The van der Waals surface area contributed by atoms with Gasteiger partial charge in [-0.1, -0.05) is 31.0 Å². The van der Waals surface area contributed by atoms with Crippen molar-refractivity contribution in [2.45, 2.75) is 81.9 Å². The summed E-state index contributed by atoms with van der Waals surface area (Å²) in [6.07, 6.45) is 8.93. The van der Waals surface area contributed by atoms with Gasteiger partial charge in [0.05, 0.1) is 35.2 Å². The Morgan fingerprint density at radius 2 is 1.92 bits per heavy atom. The zero-order valence-electron chi connectivity index (χ0n) is 30.6. The summed E-state index contributed by atoms with van der Waals surface area (Å²) in [7, 11) is -2.87. The van der Waals surface area contributed by atoms with Gasteiger partial charge in [-0.15, -0.1) is 0 Å². The van der Waals surface area contributed by atoms with Gasteiger partial charge in [0.1, 0.15) is 5.75 Å². The number of nitrogens with zero attached hydrogens (tertiary/aromatic N) is 3. The minimum absolute atomic E-state index is 0.173.